The highest BCUT2D eigenvalue weighted by atomic mass is 19.4. The summed E-state index contributed by atoms with van der Waals surface area (Å²) < 4.78 is 72.7. The molecule has 0 aliphatic carbocycles. The van der Waals surface area contributed by atoms with Crippen molar-refractivity contribution >= 4 is 0 Å². The largest absolute Gasteiger partial charge is 0.467 e. The molecule has 0 fully saturated rings. The molecular weight excluding hydrogens is 248 g/mol. The number of alkyl halides is 6. The molecule has 96 valence electrons. The molecule has 0 amide bonds. The molecule has 0 heterocycles. The van der Waals surface area contributed by atoms with Crippen LogP contribution in [-0.2, 0) is 6.42 Å². The maximum Gasteiger partial charge on any atom is 0.467 e. The fourth-order valence-electron chi connectivity index (χ4n) is 1.28. The van der Waals surface area contributed by atoms with E-state index in [1.54, 1.807) is 18.2 Å². The Morgan fingerprint density at radius 1 is 0.824 bits per heavy atom. The van der Waals surface area contributed by atoms with Crippen LogP contribution in [0.4, 0.5) is 26.3 Å². The molecular formula is C10H9F6N. The van der Waals surface area contributed by atoms with Gasteiger partial charge in [0.05, 0.1) is 0 Å². The second-order valence-corrected chi connectivity index (χ2v) is 3.32. The maximum atomic E-state index is 12.1. The molecule has 0 N–H and O–H groups in total. The minimum absolute atomic E-state index is 0.320. The molecule has 0 atom stereocenters. The van der Waals surface area contributed by atoms with Crippen molar-refractivity contribution in [3.63, 3.8) is 0 Å². The van der Waals surface area contributed by atoms with Crippen molar-refractivity contribution in [2.24, 2.45) is 0 Å². The summed E-state index contributed by atoms with van der Waals surface area (Å²) in [4.78, 5) is -1.42. The van der Waals surface area contributed by atoms with Crippen LogP contribution in [0.1, 0.15) is 5.56 Å². The zero-order valence-electron chi connectivity index (χ0n) is 8.52. The topological polar surface area (TPSA) is 3.24 Å². The van der Waals surface area contributed by atoms with Crippen molar-refractivity contribution in [3.8, 4) is 0 Å². The van der Waals surface area contributed by atoms with Crippen molar-refractivity contribution < 1.29 is 26.3 Å². The highest BCUT2D eigenvalue weighted by Gasteiger charge is 2.53. The second-order valence-electron chi connectivity index (χ2n) is 3.32. The molecule has 0 unspecified atom stereocenters. The second kappa shape index (κ2) is 4.95. The van der Waals surface area contributed by atoms with E-state index < -0.39 is 24.0 Å². The van der Waals surface area contributed by atoms with Crippen molar-refractivity contribution in [2.45, 2.75) is 19.0 Å². The van der Waals surface area contributed by atoms with Gasteiger partial charge in [0.15, 0.2) is 0 Å². The van der Waals surface area contributed by atoms with Crippen LogP contribution in [-0.4, -0.2) is 24.0 Å². The number of hydrogen-bond donors (Lipinski definition) is 0. The number of rotatable bonds is 3. The van der Waals surface area contributed by atoms with Crippen molar-refractivity contribution in [2.75, 3.05) is 6.54 Å². The predicted octanol–water partition coefficient (Wildman–Crippen LogP) is 3.57. The van der Waals surface area contributed by atoms with Gasteiger partial charge in [0.2, 0.25) is 0 Å². The zero-order valence-corrected chi connectivity index (χ0v) is 8.52. The van der Waals surface area contributed by atoms with Gasteiger partial charge in [-0.3, -0.25) is 0 Å². The first-order valence-corrected chi connectivity index (χ1v) is 4.66. The number of benzene rings is 1. The van der Waals surface area contributed by atoms with Crippen LogP contribution in [0.15, 0.2) is 30.3 Å². The van der Waals surface area contributed by atoms with Gasteiger partial charge < -0.3 is 0 Å². The molecule has 0 aliphatic heterocycles. The highest BCUT2D eigenvalue weighted by Crippen LogP contribution is 2.33. The van der Waals surface area contributed by atoms with Crippen LogP contribution in [0.25, 0.3) is 0 Å². The van der Waals surface area contributed by atoms with Gasteiger partial charge in [-0.15, -0.1) is 4.90 Å². The first-order chi connectivity index (χ1) is 7.71. The fourth-order valence-corrected chi connectivity index (χ4v) is 1.28. The Bertz CT molecular complexity index is 328. The molecule has 1 rings (SSSR count). The lowest BCUT2D eigenvalue weighted by atomic mass is 10.1. The molecule has 7 heteroatoms. The van der Waals surface area contributed by atoms with Gasteiger partial charge >= 0.3 is 12.6 Å². The molecule has 0 bridgehead atoms. The van der Waals surface area contributed by atoms with E-state index in [0.717, 1.165) is 0 Å². The Labute approximate surface area is 93.6 Å². The van der Waals surface area contributed by atoms with E-state index >= 15 is 0 Å². The molecule has 0 aromatic heterocycles. The van der Waals surface area contributed by atoms with Gasteiger partial charge in [0.25, 0.3) is 0 Å². The van der Waals surface area contributed by atoms with E-state index in [4.69, 9.17) is 0 Å². The smallest absolute Gasteiger partial charge is 0.155 e. The quantitative estimate of drug-likeness (QED) is 0.591. The Kier molecular flexibility index (Phi) is 4.03. The lowest BCUT2D eigenvalue weighted by molar-refractivity contribution is -0.372. The van der Waals surface area contributed by atoms with Crippen LogP contribution >= 0.6 is 0 Å². The molecule has 0 saturated heterocycles. The molecule has 0 aliphatic rings. The highest BCUT2D eigenvalue weighted by molar-refractivity contribution is 5.14. The van der Waals surface area contributed by atoms with Crippen LogP contribution in [0.5, 0.6) is 0 Å². The monoisotopic (exact) mass is 257 g/mol. The standard InChI is InChI=1S/C10H9F6N/c11-9(12,13)17(10(14,15)16)7-6-8-4-2-1-3-5-8/h1-5H,6-7H2. The van der Waals surface area contributed by atoms with E-state index in [9.17, 15) is 26.3 Å². The number of nitrogens with zero attached hydrogens (tertiary/aromatic N) is 1. The minimum Gasteiger partial charge on any atom is -0.155 e. The summed E-state index contributed by atoms with van der Waals surface area (Å²) in [5.74, 6) is 0. The molecule has 17 heavy (non-hydrogen) atoms. The Hall–Kier alpha value is -1.24. The average Bonchev–Trinajstić information content (AvgIpc) is 2.15. The van der Waals surface area contributed by atoms with Crippen LogP contribution in [0, 0.1) is 0 Å². The summed E-state index contributed by atoms with van der Waals surface area (Å²) >= 11 is 0. The van der Waals surface area contributed by atoms with Gasteiger partial charge in [-0.25, -0.2) is 0 Å². The minimum atomic E-state index is -5.41. The Morgan fingerprint density at radius 2 is 1.29 bits per heavy atom. The van der Waals surface area contributed by atoms with Crippen LogP contribution in [0.2, 0.25) is 0 Å². The van der Waals surface area contributed by atoms with E-state index in [1.807, 2.05) is 0 Å². The third kappa shape index (κ3) is 4.26. The van der Waals surface area contributed by atoms with Crippen LogP contribution in [0.3, 0.4) is 0 Å². The van der Waals surface area contributed by atoms with Gasteiger partial charge in [0, 0.05) is 6.54 Å². The van der Waals surface area contributed by atoms with Crippen molar-refractivity contribution in [1.29, 1.82) is 0 Å². The normalized spacial score (nSPS) is 13.1. The third-order valence-electron chi connectivity index (χ3n) is 2.08. The summed E-state index contributed by atoms with van der Waals surface area (Å²) in [5.41, 5.74) is 0.422. The summed E-state index contributed by atoms with van der Waals surface area (Å²) in [6.07, 6.45) is -11.1. The Balaban J connectivity index is 2.70. The van der Waals surface area contributed by atoms with Gasteiger partial charge in [-0.05, 0) is 12.0 Å². The molecule has 0 radical (unpaired) electrons. The lowest BCUT2D eigenvalue weighted by Gasteiger charge is -2.26. The van der Waals surface area contributed by atoms with E-state index in [-0.39, 0.29) is 6.42 Å². The van der Waals surface area contributed by atoms with Crippen molar-refractivity contribution in [1.82, 2.24) is 4.90 Å². The zero-order chi connectivity index (χ0) is 13.1. The molecule has 0 spiro atoms. The number of hydrogen-bond acceptors (Lipinski definition) is 1. The van der Waals surface area contributed by atoms with Gasteiger partial charge in [-0.1, -0.05) is 30.3 Å². The summed E-state index contributed by atoms with van der Waals surface area (Å²) in [5, 5.41) is 0. The summed E-state index contributed by atoms with van der Waals surface area (Å²) in [6.45, 7) is -1.14. The third-order valence-corrected chi connectivity index (χ3v) is 2.08. The molecule has 0 saturated carbocycles. The average molecular weight is 257 g/mol. The molecule has 1 nitrogen and oxygen atoms in total. The van der Waals surface area contributed by atoms with E-state index in [0.29, 0.717) is 5.56 Å². The summed E-state index contributed by atoms with van der Waals surface area (Å²) in [7, 11) is 0. The van der Waals surface area contributed by atoms with Gasteiger partial charge in [-0.2, -0.15) is 26.3 Å². The molecule has 1 aromatic rings. The Morgan fingerprint density at radius 3 is 1.71 bits per heavy atom. The summed E-state index contributed by atoms with van der Waals surface area (Å²) in [6, 6.07) is 7.70. The van der Waals surface area contributed by atoms with Crippen molar-refractivity contribution in [3.05, 3.63) is 35.9 Å². The molecule has 1 aromatic carbocycles. The SMILES string of the molecule is FC(F)(F)N(CCc1ccccc1)C(F)(F)F. The van der Waals surface area contributed by atoms with E-state index in [2.05, 4.69) is 0 Å². The number of halogens is 6. The van der Waals surface area contributed by atoms with Gasteiger partial charge in [0.1, 0.15) is 0 Å². The van der Waals surface area contributed by atoms with E-state index in [1.165, 1.54) is 12.1 Å². The van der Waals surface area contributed by atoms with Crippen LogP contribution < -0.4 is 0 Å². The first kappa shape index (κ1) is 13.8. The fraction of sp³-hybridized carbons (Fsp3) is 0.400. The lowest BCUT2D eigenvalue weighted by Crippen LogP contribution is -2.48. The maximum absolute atomic E-state index is 12.1. The first-order valence-electron chi connectivity index (χ1n) is 4.66. The predicted molar refractivity (Wildman–Crippen MR) is 49.0 cm³/mol.